The highest BCUT2D eigenvalue weighted by Gasteiger charge is 2.31. The summed E-state index contributed by atoms with van der Waals surface area (Å²) in [6.07, 6.45) is 2.97. The highest BCUT2D eigenvalue weighted by atomic mass is 16.4. The third kappa shape index (κ3) is 8.82. The Kier molecular flexibility index (Phi) is 10.1. The van der Waals surface area contributed by atoms with Crippen molar-refractivity contribution in [3.05, 3.63) is 18.2 Å². The number of hydrogen-bond acceptors (Lipinski definition) is 7. The van der Waals surface area contributed by atoms with Gasteiger partial charge in [-0.2, -0.15) is 0 Å². The summed E-state index contributed by atoms with van der Waals surface area (Å²) in [6, 6.07) is -3.43. The van der Waals surface area contributed by atoms with Crippen LogP contribution in [0.4, 0.5) is 0 Å². The summed E-state index contributed by atoms with van der Waals surface area (Å²) in [7, 11) is 0. The van der Waals surface area contributed by atoms with E-state index in [1.807, 2.05) is 0 Å². The van der Waals surface area contributed by atoms with E-state index in [1.165, 1.54) is 12.5 Å². The summed E-state index contributed by atoms with van der Waals surface area (Å²) in [4.78, 5) is 66.1. The van der Waals surface area contributed by atoms with E-state index in [4.69, 9.17) is 16.6 Å². The average Bonchev–Trinajstić information content (AvgIpc) is 3.21. The number of carbonyl (C=O) groups excluding carboxylic acids is 4. The van der Waals surface area contributed by atoms with Crippen LogP contribution in [0, 0.1) is 5.92 Å². The second-order valence-corrected chi connectivity index (χ2v) is 7.10. The third-order valence-corrected chi connectivity index (χ3v) is 4.58. The molecule has 0 saturated carbocycles. The first-order valence-electron chi connectivity index (χ1n) is 9.66. The number of carbonyl (C=O) groups is 5. The van der Waals surface area contributed by atoms with Gasteiger partial charge in [0.1, 0.15) is 18.6 Å². The topological polar surface area (TPSA) is 222 Å². The van der Waals surface area contributed by atoms with Crippen molar-refractivity contribution in [2.45, 2.75) is 51.2 Å². The van der Waals surface area contributed by atoms with Gasteiger partial charge in [0.2, 0.25) is 23.6 Å². The summed E-state index contributed by atoms with van der Waals surface area (Å²) >= 11 is 0. The van der Waals surface area contributed by atoms with Crippen molar-refractivity contribution in [1.29, 1.82) is 0 Å². The Morgan fingerprint density at radius 3 is 2.35 bits per heavy atom. The first-order chi connectivity index (χ1) is 14.5. The monoisotopic (exact) mass is 439 g/mol. The predicted octanol–water partition coefficient (Wildman–Crippen LogP) is -2.63. The minimum absolute atomic E-state index is 0.00480. The second kappa shape index (κ2) is 12.3. The Morgan fingerprint density at radius 2 is 1.84 bits per heavy atom. The van der Waals surface area contributed by atoms with Gasteiger partial charge in [0, 0.05) is 18.3 Å². The van der Waals surface area contributed by atoms with Gasteiger partial charge < -0.3 is 37.5 Å². The Labute approximate surface area is 178 Å². The number of nitrogens with zero attached hydrogens (tertiary/aromatic N) is 1. The third-order valence-electron chi connectivity index (χ3n) is 4.58. The van der Waals surface area contributed by atoms with Crippen molar-refractivity contribution in [2.75, 3.05) is 6.54 Å². The standard InChI is InChI=1S/C18H29N7O6/c1-3-9(2)15(18(31)22-7-14(27)28)25-17(30)12(4-10-6-21-8-23-10)24-16(29)11(19)5-13(20)26/h6,8-9,11-12,15H,3-5,7,19H2,1-2H3,(H2,20,26)(H,21,23)(H,22,31)(H,24,29)(H,25,30)(H,27,28). The molecule has 9 N–H and O–H groups in total. The molecule has 0 saturated heterocycles. The number of nitrogens with one attached hydrogen (secondary N) is 4. The largest absolute Gasteiger partial charge is 0.480 e. The normalized spacial score (nSPS) is 14.5. The molecule has 4 atom stereocenters. The zero-order valence-corrected chi connectivity index (χ0v) is 17.4. The molecule has 1 heterocycles. The van der Waals surface area contributed by atoms with E-state index in [-0.39, 0.29) is 12.3 Å². The summed E-state index contributed by atoms with van der Waals surface area (Å²) < 4.78 is 0. The molecule has 0 radical (unpaired) electrons. The van der Waals surface area contributed by atoms with E-state index in [0.717, 1.165) is 0 Å². The summed E-state index contributed by atoms with van der Waals surface area (Å²) in [6.45, 7) is 2.93. The number of primary amides is 1. The van der Waals surface area contributed by atoms with Crippen LogP contribution in [-0.2, 0) is 30.4 Å². The summed E-state index contributed by atoms with van der Waals surface area (Å²) in [5.74, 6) is -4.45. The smallest absolute Gasteiger partial charge is 0.322 e. The molecule has 0 aromatic carbocycles. The summed E-state index contributed by atoms with van der Waals surface area (Å²) in [5, 5.41) is 16.0. The van der Waals surface area contributed by atoms with Gasteiger partial charge in [-0.3, -0.25) is 24.0 Å². The average molecular weight is 439 g/mol. The molecular weight excluding hydrogens is 410 g/mol. The SMILES string of the molecule is CCC(C)C(NC(=O)C(Cc1cnc[nH]1)NC(=O)C(N)CC(N)=O)C(=O)NCC(=O)O. The fraction of sp³-hybridized carbons (Fsp3) is 0.556. The molecule has 13 nitrogen and oxygen atoms in total. The molecule has 0 aliphatic rings. The van der Waals surface area contributed by atoms with Gasteiger partial charge in [-0.15, -0.1) is 0 Å². The maximum Gasteiger partial charge on any atom is 0.322 e. The molecular formula is C18H29N7O6. The number of nitrogens with two attached hydrogens (primary N) is 2. The zero-order valence-electron chi connectivity index (χ0n) is 17.4. The van der Waals surface area contributed by atoms with Gasteiger partial charge >= 0.3 is 5.97 Å². The Balaban J connectivity index is 2.99. The van der Waals surface area contributed by atoms with Gasteiger partial charge in [-0.05, 0) is 5.92 Å². The molecule has 172 valence electrons. The highest BCUT2D eigenvalue weighted by Crippen LogP contribution is 2.09. The van der Waals surface area contributed by atoms with E-state index in [9.17, 15) is 24.0 Å². The van der Waals surface area contributed by atoms with Crippen LogP contribution in [0.2, 0.25) is 0 Å². The predicted molar refractivity (Wildman–Crippen MR) is 108 cm³/mol. The first-order valence-corrected chi connectivity index (χ1v) is 9.66. The highest BCUT2D eigenvalue weighted by molar-refractivity contribution is 5.94. The number of carboxylic acid groups (broad SMARTS) is 1. The van der Waals surface area contributed by atoms with Crippen LogP contribution >= 0.6 is 0 Å². The van der Waals surface area contributed by atoms with E-state index in [0.29, 0.717) is 12.1 Å². The molecule has 0 bridgehead atoms. The van der Waals surface area contributed by atoms with E-state index in [1.54, 1.807) is 13.8 Å². The van der Waals surface area contributed by atoms with Crippen LogP contribution in [0.25, 0.3) is 0 Å². The van der Waals surface area contributed by atoms with Crippen LogP contribution in [-0.4, -0.2) is 69.3 Å². The molecule has 1 aromatic rings. The fourth-order valence-corrected chi connectivity index (χ4v) is 2.64. The van der Waals surface area contributed by atoms with Gasteiger partial charge in [0.05, 0.1) is 18.8 Å². The minimum Gasteiger partial charge on any atom is -0.480 e. The molecule has 31 heavy (non-hydrogen) atoms. The lowest BCUT2D eigenvalue weighted by atomic mass is 9.97. The minimum atomic E-state index is -1.25. The van der Waals surface area contributed by atoms with Crippen molar-refractivity contribution < 1.29 is 29.1 Å². The van der Waals surface area contributed by atoms with Gasteiger partial charge in [0.15, 0.2) is 0 Å². The maximum absolute atomic E-state index is 12.9. The van der Waals surface area contributed by atoms with Crippen molar-refractivity contribution in [1.82, 2.24) is 25.9 Å². The molecule has 0 aliphatic heterocycles. The molecule has 1 rings (SSSR count). The van der Waals surface area contributed by atoms with E-state index < -0.39 is 60.7 Å². The van der Waals surface area contributed by atoms with Crippen molar-refractivity contribution in [3.63, 3.8) is 0 Å². The Hall–Kier alpha value is -3.48. The second-order valence-electron chi connectivity index (χ2n) is 7.10. The van der Waals surface area contributed by atoms with E-state index in [2.05, 4.69) is 25.9 Å². The number of imidazole rings is 1. The lowest BCUT2D eigenvalue weighted by molar-refractivity contribution is -0.139. The molecule has 4 amide bonds. The maximum atomic E-state index is 12.9. The quantitative estimate of drug-likeness (QED) is 0.172. The van der Waals surface area contributed by atoms with Crippen molar-refractivity contribution in [2.24, 2.45) is 17.4 Å². The van der Waals surface area contributed by atoms with Crippen LogP contribution in [0.3, 0.4) is 0 Å². The zero-order chi connectivity index (χ0) is 23.6. The number of aliphatic carboxylic acids is 1. The molecule has 4 unspecified atom stereocenters. The lowest BCUT2D eigenvalue weighted by Crippen LogP contribution is -2.58. The number of amides is 4. The summed E-state index contributed by atoms with van der Waals surface area (Å²) in [5.41, 5.74) is 11.2. The Morgan fingerprint density at radius 1 is 1.16 bits per heavy atom. The molecule has 0 aliphatic carbocycles. The number of aromatic nitrogens is 2. The molecule has 13 heteroatoms. The van der Waals surface area contributed by atoms with Crippen LogP contribution in [0.5, 0.6) is 0 Å². The fourth-order valence-electron chi connectivity index (χ4n) is 2.64. The number of aromatic amines is 1. The van der Waals surface area contributed by atoms with Gasteiger partial charge in [0.25, 0.3) is 0 Å². The molecule has 0 spiro atoms. The number of hydrogen-bond donors (Lipinski definition) is 7. The number of rotatable bonds is 13. The molecule has 0 fully saturated rings. The van der Waals surface area contributed by atoms with Crippen molar-refractivity contribution in [3.8, 4) is 0 Å². The Bertz CT molecular complexity index is 782. The van der Waals surface area contributed by atoms with Crippen molar-refractivity contribution >= 4 is 29.6 Å². The lowest BCUT2D eigenvalue weighted by Gasteiger charge is -2.26. The molecule has 1 aromatic heterocycles. The van der Waals surface area contributed by atoms with Crippen LogP contribution in [0.1, 0.15) is 32.4 Å². The van der Waals surface area contributed by atoms with Gasteiger partial charge in [-0.25, -0.2) is 4.98 Å². The first kappa shape index (κ1) is 25.6. The van der Waals surface area contributed by atoms with Crippen LogP contribution < -0.4 is 27.4 Å². The van der Waals surface area contributed by atoms with Crippen LogP contribution in [0.15, 0.2) is 12.5 Å². The number of H-pyrrole nitrogens is 1. The van der Waals surface area contributed by atoms with E-state index >= 15 is 0 Å². The van der Waals surface area contributed by atoms with Gasteiger partial charge in [-0.1, -0.05) is 20.3 Å². The number of carboxylic acids is 1.